The maximum Gasteiger partial charge on any atom is 0.259 e. The highest BCUT2D eigenvalue weighted by Gasteiger charge is 2.44. The Hall–Kier alpha value is -3.25. The molecule has 0 unspecified atom stereocenters. The third kappa shape index (κ3) is 3.17. The fourth-order valence-electron chi connectivity index (χ4n) is 4.65. The van der Waals surface area contributed by atoms with E-state index in [1.165, 1.54) is 0 Å². The summed E-state index contributed by atoms with van der Waals surface area (Å²) in [5.41, 5.74) is 4.36. The molecule has 0 bridgehead atoms. The van der Waals surface area contributed by atoms with Crippen molar-refractivity contribution in [2.24, 2.45) is 0 Å². The first kappa shape index (κ1) is 20.6. The molecule has 5 rings (SSSR count). The van der Waals surface area contributed by atoms with Crippen molar-refractivity contribution in [2.75, 3.05) is 18.0 Å². The van der Waals surface area contributed by atoms with Crippen molar-refractivity contribution in [3.05, 3.63) is 88.0 Å². The van der Waals surface area contributed by atoms with Gasteiger partial charge in [-0.1, -0.05) is 11.6 Å². The molecule has 1 fully saturated rings. The summed E-state index contributed by atoms with van der Waals surface area (Å²) in [6, 6.07) is 9.26. The number of carbonyl (C=O) groups excluding carboxylic acids is 2. The molecule has 1 aromatic carbocycles. The Labute approximate surface area is 191 Å². The van der Waals surface area contributed by atoms with E-state index >= 15 is 0 Å². The highest BCUT2D eigenvalue weighted by molar-refractivity contribution is 6.31. The van der Waals surface area contributed by atoms with Crippen LogP contribution in [0.1, 0.15) is 57.2 Å². The number of amides is 2. The van der Waals surface area contributed by atoms with E-state index in [4.69, 9.17) is 11.6 Å². The van der Waals surface area contributed by atoms with E-state index in [0.29, 0.717) is 29.2 Å². The second-order valence-electron chi connectivity index (χ2n) is 8.96. The number of anilines is 1. The van der Waals surface area contributed by atoms with E-state index in [1.54, 1.807) is 35.6 Å². The molecule has 0 saturated carbocycles. The van der Waals surface area contributed by atoms with Crippen LogP contribution in [0.15, 0.2) is 55.1 Å². The molecule has 0 atom stereocenters. The number of carbonyl (C=O) groups is 2. The van der Waals surface area contributed by atoms with Gasteiger partial charge in [0, 0.05) is 48.2 Å². The summed E-state index contributed by atoms with van der Waals surface area (Å²) in [7, 11) is 0. The third-order valence-electron chi connectivity index (χ3n) is 6.55. The summed E-state index contributed by atoms with van der Waals surface area (Å²) < 4.78 is 0. The van der Waals surface area contributed by atoms with Crippen molar-refractivity contribution in [1.82, 2.24) is 14.9 Å². The van der Waals surface area contributed by atoms with Gasteiger partial charge in [0.2, 0.25) is 0 Å². The third-order valence-corrected chi connectivity index (χ3v) is 6.78. The first-order valence-electron chi connectivity index (χ1n) is 10.6. The number of halogens is 1. The van der Waals surface area contributed by atoms with Crippen LogP contribution < -0.4 is 4.90 Å². The van der Waals surface area contributed by atoms with Gasteiger partial charge in [-0.05, 0) is 67.8 Å². The van der Waals surface area contributed by atoms with E-state index in [1.807, 2.05) is 50.1 Å². The lowest BCUT2D eigenvalue weighted by molar-refractivity contribution is 0.0601. The molecule has 4 heterocycles. The Balaban J connectivity index is 1.37. The number of aryl methyl sites for hydroxylation is 1. The number of rotatable bonds is 3. The molecular weight excluding hydrogens is 424 g/mol. The van der Waals surface area contributed by atoms with Crippen LogP contribution in [0.2, 0.25) is 5.02 Å². The molecular formula is C25H23ClN4O2. The number of fused-ring (bicyclic) bond motifs is 1. The minimum Gasteiger partial charge on any atom is -0.337 e. The number of benzene rings is 1. The van der Waals surface area contributed by atoms with Crippen LogP contribution in [0.3, 0.4) is 0 Å². The van der Waals surface area contributed by atoms with E-state index < -0.39 is 5.54 Å². The molecule has 2 amide bonds. The maximum atomic E-state index is 13.2. The predicted octanol–water partition coefficient (Wildman–Crippen LogP) is 4.57. The quantitative estimate of drug-likeness (QED) is 0.591. The van der Waals surface area contributed by atoms with Gasteiger partial charge in [-0.2, -0.15) is 0 Å². The van der Waals surface area contributed by atoms with Gasteiger partial charge in [0.15, 0.2) is 0 Å². The predicted molar refractivity (Wildman–Crippen MR) is 123 cm³/mol. The van der Waals surface area contributed by atoms with Gasteiger partial charge >= 0.3 is 0 Å². The summed E-state index contributed by atoms with van der Waals surface area (Å²) in [4.78, 5) is 38.1. The second kappa shape index (κ2) is 7.41. The summed E-state index contributed by atoms with van der Waals surface area (Å²) in [5.74, 6) is 0.123. The molecule has 0 aliphatic carbocycles. The van der Waals surface area contributed by atoms with E-state index in [0.717, 1.165) is 22.4 Å². The zero-order chi connectivity index (χ0) is 22.6. The topological polar surface area (TPSA) is 66.4 Å². The first-order chi connectivity index (χ1) is 15.3. The number of likely N-dealkylation sites (tertiary alicyclic amines) is 1. The van der Waals surface area contributed by atoms with Gasteiger partial charge in [-0.25, -0.2) is 0 Å². The number of aromatic nitrogens is 2. The van der Waals surface area contributed by atoms with E-state index in [-0.39, 0.29) is 17.7 Å². The van der Waals surface area contributed by atoms with Gasteiger partial charge in [0.1, 0.15) is 0 Å². The van der Waals surface area contributed by atoms with Crippen molar-refractivity contribution in [3.63, 3.8) is 0 Å². The minimum absolute atomic E-state index is 0.000791. The Kier molecular flexibility index (Phi) is 4.78. The zero-order valence-corrected chi connectivity index (χ0v) is 18.9. The van der Waals surface area contributed by atoms with Crippen molar-refractivity contribution < 1.29 is 9.59 Å². The second-order valence-corrected chi connectivity index (χ2v) is 9.40. The Morgan fingerprint density at radius 1 is 1.09 bits per heavy atom. The van der Waals surface area contributed by atoms with Crippen molar-refractivity contribution in [3.8, 4) is 0 Å². The average molecular weight is 447 g/mol. The zero-order valence-electron chi connectivity index (χ0n) is 18.2. The van der Waals surface area contributed by atoms with Gasteiger partial charge in [-0.15, -0.1) is 0 Å². The van der Waals surface area contributed by atoms with E-state index in [2.05, 4.69) is 9.97 Å². The molecule has 162 valence electrons. The van der Waals surface area contributed by atoms with Crippen LogP contribution in [0.4, 0.5) is 5.69 Å². The maximum absolute atomic E-state index is 13.2. The summed E-state index contributed by atoms with van der Waals surface area (Å²) in [5, 5.41) is 0.612. The molecule has 2 aliphatic rings. The average Bonchev–Trinajstić information content (AvgIpc) is 2.92. The fourth-order valence-corrected chi connectivity index (χ4v) is 4.82. The number of hydrogen-bond donors (Lipinski definition) is 0. The Morgan fingerprint density at radius 2 is 1.88 bits per heavy atom. The molecule has 0 radical (unpaired) electrons. The summed E-state index contributed by atoms with van der Waals surface area (Å²) in [6.45, 7) is 7.18. The van der Waals surface area contributed by atoms with E-state index in [9.17, 15) is 9.59 Å². The highest BCUT2D eigenvalue weighted by Crippen LogP contribution is 2.43. The van der Waals surface area contributed by atoms with Crippen molar-refractivity contribution >= 4 is 29.1 Å². The lowest BCUT2D eigenvalue weighted by Crippen LogP contribution is -2.48. The molecule has 3 aromatic rings. The van der Waals surface area contributed by atoms with Crippen LogP contribution in [0.25, 0.3) is 0 Å². The molecule has 0 spiro atoms. The molecule has 6 nitrogen and oxygen atoms in total. The number of hydrogen-bond acceptors (Lipinski definition) is 4. The Bertz CT molecular complexity index is 1250. The van der Waals surface area contributed by atoms with Gasteiger partial charge in [0.25, 0.3) is 11.8 Å². The SMILES string of the molecule is Cc1ccncc1C(=O)N1CC(c2cncc(N3C(=O)c4ccc(Cl)cc4C3(C)C)c2)C1. The number of pyridine rings is 2. The molecule has 0 N–H and O–H groups in total. The monoisotopic (exact) mass is 446 g/mol. The number of nitrogens with zero attached hydrogens (tertiary/aromatic N) is 4. The largest absolute Gasteiger partial charge is 0.337 e. The van der Waals surface area contributed by atoms with Crippen LogP contribution >= 0.6 is 11.6 Å². The van der Waals surface area contributed by atoms with Gasteiger partial charge in [-0.3, -0.25) is 24.5 Å². The Morgan fingerprint density at radius 3 is 2.62 bits per heavy atom. The standard InChI is InChI=1S/C25H23ClN4O2/c1-15-6-7-27-12-21(15)23(31)29-13-17(14-29)16-8-19(11-28-10-16)30-24(32)20-5-4-18(26)9-22(20)25(30,2)3/h4-12,17H,13-14H2,1-3H3. The summed E-state index contributed by atoms with van der Waals surface area (Å²) >= 11 is 6.20. The van der Waals surface area contributed by atoms with Gasteiger partial charge < -0.3 is 4.90 Å². The molecule has 1 saturated heterocycles. The lowest BCUT2D eigenvalue weighted by atomic mass is 9.90. The normalized spacial score (nSPS) is 17.3. The molecule has 7 heteroatoms. The molecule has 2 aromatic heterocycles. The van der Waals surface area contributed by atoms with Crippen LogP contribution in [-0.4, -0.2) is 39.8 Å². The van der Waals surface area contributed by atoms with Crippen LogP contribution in [0.5, 0.6) is 0 Å². The molecule has 2 aliphatic heterocycles. The van der Waals surface area contributed by atoms with Crippen molar-refractivity contribution in [2.45, 2.75) is 32.2 Å². The smallest absolute Gasteiger partial charge is 0.259 e. The summed E-state index contributed by atoms with van der Waals surface area (Å²) in [6.07, 6.45) is 6.85. The molecule has 32 heavy (non-hydrogen) atoms. The lowest BCUT2D eigenvalue weighted by Gasteiger charge is -2.40. The van der Waals surface area contributed by atoms with Crippen molar-refractivity contribution in [1.29, 1.82) is 0 Å². The van der Waals surface area contributed by atoms with Crippen LogP contribution in [-0.2, 0) is 5.54 Å². The van der Waals surface area contributed by atoms with Crippen LogP contribution in [0, 0.1) is 6.92 Å². The highest BCUT2D eigenvalue weighted by atomic mass is 35.5. The minimum atomic E-state index is -0.545. The first-order valence-corrected chi connectivity index (χ1v) is 10.9. The fraction of sp³-hybridized carbons (Fsp3) is 0.280. The van der Waals surface area contributed by atoms with Gasteiger partial charge in [0.05, 0.1) is 23.0 Å².